The molecule has 2 N–H and O–H groups in total. The zero-order chi connectivity index (χ0) is 22.3. The predicted molar refractivity (Wildman–Crippen MR) is 111 cm³/mol. The first-order valence-electron chi connectivity index (χ1n) is 8.85. The van der Waals surface area contributed by atoms with Crippen molar-refractivity contribution in [3.63, 3.8) is 0 Å². The lowest BCUT2D eigenvalue weighted by Crippen LogP contribution is -2.21. The van der Waals surface area contributed by atoms with Gasteiger partial charge in [-0.3, -0.25) is 19.7 Å². The van der Waals surface area contributed by atoms with Crippen molar-refractivity contribution in [1.29, 1.82) is 0 Å². The Labute approximate surface area is 173 Å². The molecule has 0 saturated carbocycles. The predicted octanol–water partition coefficient (Wildman–Crippen LogP) is 3.05. The van der Waals surface area contributed by atoms with Gasteiger partial charge in [0.15, 0.2) is 0 Å². The van der Waals surface area contributed by atoms with Gasteiger partial charge in [-0.1, -0.05) is 6.07 Å². The van der Waals surface area contributed by atoms with Crippen LogP contribution >= 0.6 is 0 Å². The molecule has 0 radical (unpaired) electrons. The van der Waals surface area contributed by atoms with E-state index in [0.717, 1.165) is 0 Å². The maximum atomic E-state index is 12.3. The fraction of sp³-hybridized carbons (Fsp3) is 0.250. The lowest BCUT2D eigenvalue weighted by atomic mass is 10.1. The fourth-order valence-corrected chi connectivity index (χ4v) is 2.47. The second kappa shape index (κ2) is 10.0. The summed E-state index contributed by atoms with van der Waals surface area (Å²) >= 11 is 0. The monoisotopic (exact) mass is 414 g/mol. The van der Waals surface area contributed by atoms with Crippen molar-refractivity contribution in [3.05, 3.63) is 57.6 Å². The Morgan fingerprint density at radius 1 is 1.10 bits per heavy atom. The molecule has 10 nitrogen and oxygen atoms in total. The minimum Gasteiger partial charge on any atom is -0.497 e. The highest BCUT2D eigenvalue weighted by Crippen LogP contribution is 2.23. The van der Waals surface area contributed by atoms with Gasteiger partial charge in [0.05, 0.1) is 31.3 Å². The highest BCUT2D eigenvalue weighted by atomic mass is 16.6. The van der Waals surface area contributed by atoms with Gasteiger partial charge in [0.25, 0.3) is 11.6 Å². The van der Waals surface area contributed by atoms with E-state index in [1.165, 1.54) is 38.5 Å². The van der Waals surface area contributed by atoms with E-state index in [4.69, 9.17) is 9.47 Å². The highest BCUT2D eigenvalue weighted by Gasteiger charge is 2.13. The standard InChI is InChI=1S/C20H22N4O6/c1-12-5-6-15(24(27)28)10-18(12)21-19(25)7-13(2)22-23-20(26)14-8-16(29-3)11-17(9-14)30-4/h5-6,8-11H,7H2,1-4H3,(H,21,25)(H,23,26)/b22-13+. The van der Waals surface area contributed by atoms with Crippen LogP contribution in [0.15, 0.2) is 41.5 Å². The smallest absolute Gasteiger partial charge is 0.271 e. The minimum absolute atomic E-state index is 0.107. The molecular formula is C20H22N4O6. The summed E-state index contributed by atoms with van der Waals surface area (Å²) in [5, 5.41) is 17.4. The largest absolute Gasteiger partial charge is 0.497 e. The first-order chi connectivity index (χ1) is 14.2. The number of non-ortho nitro benzene ring substituents is 1. The molecule has 0 bridgehead atoms. The van der Waals surface area contributed by atoms with E-state index in [0.29, 0.717) is 28.5 Å². The third-order valence-corrected chi connectivity index (χ3v) is 4.08. The molecule has 10 heteroatoms. The number of carbonyl (C=O) groups excluding carboxylic acids is 2. The van der Waals surface area contributed by atoms with Crippen molar-refractivity contribution in [2.75, 3.05) is 19.5 Å². The Balaban J connectivity index is 2.01. The number of nitrogens with zero attached hydrogens (tertiary/aromatic N) is 2. The molecule has 0 atom stereocenters. The Bertz CT molecular complexity index is 981. The zero-order valence-corrected chi connectivity index (χ0v) is 17.0. The topological polar surface area (TPSA) is 132 Å². The van der Waals surface area contributed by atoms with E-state index in [-0.39, 0.29) is 17.7 Å². The number of nitrogens with one attached hydrogen (secondary N) is 2. The van der Waals surface area contributed by atoms with E-state index in [1.54, 1.807) is 26.0 Å². The number of methoxy groups -OCH3 is 2. The van der Waals surface area contributed by atoms with E-state index in [1.807, 2.05) is 0 Å². The number of hydrogen-bond donors (Lipinski definition) is 2. The maximum absolute atomic E-state index is 12.3. The highest BCUT2D eigenvalue weighted by molar-refractivity contribution is 6.06. The van der Waals surface area contributed by atoms with Crippen LogP contribution in [-0.4, -0.2) is 36.7 Å². The van der Waals surface area contributed by atoms with E-state index in [2.05, 4.69) is 15.8 Å². The number of hydrogen-bond acceptors (Lipinski definition) is 7. The number of nitro groups is 1. The van der Waals surface area contributed by atoms with Gasteiger partial charge in [0.1, 0.15) is 11.5 Å². The summed E-state index contributed by atoms with van der Waals surface area (Å²) in [6, 6.07) is 8.89. The molecule has 2 amide bonds. The number of benzene rings is 2. The van der Waals surface area contributed by atoms with Crippen LogP contribution in [0.3, 0.4) is 0 Å². The molecule has 0 aromatic heterocycles. The number of aryl methyl sites for hydroxylation is 1. The number of amides is 2. The Morgan fingerprint density at radius 2 is 1.73 bits per heavy atom. The quantitative estimate of drug-likeness (QED) is 0.388. The molecular weight excluding hydrogens is 392 g/mol. The number of carbonyl (C=O) groups is 2. The van der Waals surface area contributed by atoms with Gasteiger partial charge in [0.2, 0.25) is 5.91 Å². The molecule has 0 aliphatic carbocycles. The molecule has 30 heavy (non-hydrogen) atoms. The van der Waals surface area contributed by atoms with Gasteiger partial charge in [0, 0.05) is 29.5 Å². The first-order valence-corrected chi connectivity index (χ1v) is 8.85. The molecule has 2 aromatic rings. The van der Waals surface area contributed by atoms with Gasteiger partial charge < -0.3 is 14.8 Å². The van der Waals surface area contributed by atoms with Gasteiger partial charge in [-0.25, -0.2) is 5.43 Å². The van der Waals surface area contributed by atoms with Crippen LogP contribution in [0.5, 0.6) is 11.5 Å². The van der Waals surface area contributed by atoms with E-state index < -0.39 is 16.7 Å². The summed E-state index contributed by atoms with van der Waals surface area (Å²) in [5.41, 5.74) is 3.90. The summed E-state index contributed by atoms with van der Waals surface area (Å²) in [5.74, 6) is -0.0163. The normalized spacial score (nSPS) is 10.9. The van der Waals surface area contributed by atoms with Crippen LogP contribution in [0.2, 0.25) is 0 Å². The number of nitro benzene ring substituents is 1. The molecule has 0 spiro atoms. The van der Waals surface area contributed by atoms with Crippen LogP contribution in [0.25, 0.3) is 0 Å². The zero-order valence-electron chi connectivity index (χ0n) is 17.0. The third kappa shape index (κ3) is 6.03. The second-order valence-electron chi connectivity index (χ2n) is 6.37. The van der Waals surface area contributed by atoms with Crippen LogP contribution in [0.4, 0.5) is 11.4 Å². The molecule has 0 unspecified atom stereocenters. The SMILES string of the molecule is COc1cc(OC)cc(C(=O)N/N=C(\C)CC(=O)Nc2cc([N+](=O)[O-])ccc2C)c1. The average molecular weight is 414 g/mol. The number of anilines is 1. The van der Waals surface area contributed by atoms with Gasteiger partial charge in [-0.2, -0.15) is 5.10 Å². The van der Waals surface area contributed by atoms with Crippen LogP contribution in [0, 0.1) is 17.0 Å². The lowest BCUT2D eigenvalue weighted by Gasteiger charge is -2.09. The van der Waals surface area contributed by atoms with Crippen LogP contribution in [-0.2, 0) is 4.79 Å². The van der Waals surface area contributed by atoms with Crippen molar-refractivity contribution in [1.82, 2.24) is 5.43 Å². The molecule has 0 fully saturated rings. The minimum atomic E-state index is -0.537. The molecule has 0 aliphatic rings. The lowest BCUT2D eigenvalue weighted by molar-refractivity contribution is -0.384. The summed E-state index contributed by atoms with van der Waals surface area (Å²) in [6.45, 7) is 3.30. The number of rotatable bonds is 8. The van der Waals surface area contributed by atoms with Crippen LogP contribution < -0.4 is 20.2 Å². The Hall–Kier alpha value is -3.95. The van der Waals surface area contributed by atoms with Gasteiger partial charge in [-0.15, -0.1) is 0 Å². The number of ether oxygens (including phenoxy) is 2. The summed E-state index contributed by atoms with van der Waals surface area (Å²) in [4.78, 5) is 34.9. The summed E-state index contributed by atoms with van der Waals surface area (Å²) < 4.78 is 10.2. The average Bonchev–Trinajstić information content (AvgIpc) is 2.72. The van der Waals surface area contributed by atoms with E-state index >= 15 is 0 Å². The van der Waals surface area contributed by atoms with Crippen molar-refractivity contribution in [2.45, 2.75) is 20.3 Å². The Morgan fingerprint density at radius 3 is 2.30 bits per heavy atom. The Kier molecular flexibility index (Phi) is 7.45. The summed E-state index contributed by atoms with van der Waals surface area (Å²) in [7, 11) is 2.95. The molecule has 158 valence electrons. The second-order valence-corrected chi connectivity index (χ2v) is 6.37. The summed E-state index contributed by atoms with van der Waals surface area (Å²) in [6.07, 6.45) is -0.107. The first kappa shape index (κ1) is 22.3. The number of hydrazone groups is 1. The molecule has 0 saturated heterocycles. The van der Waals surface area contributed by atoms with Crippen molar-refractivity contribution < 1.29 is 24.0 Å². The van der Waals surface area contributed by atoms with Crippen molar-refractivity contribution in [3.8, 4) is 11.5 Å². The molecule has 0 aliphatic heterocycles. The van der Waals surface area contributed by atoms with E-state index in [9.17, 15) is 19.7 Å². The molecule has 0 heterocycles. The van der Waals surface area contributed by atoms with Gasteiger partial charge >= 0.3 is 0 Å². The molecule has 2 rings (SSSR count). The fourth-order valence-electron chi connectivity index (χ4n) is 2.47. The molecule has 2 aromatic carbocycles. The van der Waals surface area contributed by atoms with Gasteiger partial charge in [-0.05, 0) is 31.5 Å². The van der Waals surface area contributed by atoms with Crippen molar-refractivity contribution in [2.24, 2.45) is 5.10 Å². The van der Waals surface area contributed by atoms with Crippen molar-refractivity contribution >= 4 is 28.9 Å². The third-order valence-electron chi connectivity index (χ3n) is 4.08. The maximum Gasteiger partial charge on any atom is 0.271 e. The van der Waals surface area contributed by atoms with Crippen LogP contribution in [0.1, 0.15) is 29.3 Å².